The maximum Gasteiger partial charge on any atom is 0.408 e. The second-order valence-electron chi connectivity index (χ2n) is 8.96. The van der Waals surface area contributed by atoms with Crippen LogP contribution in [0.25, 0.3) is 11.1 Å². The molecule has 0 spiro atoms. The Morgan fingerprint density at radius 1 is 1.12 bits per heavy atom. The van der Waals surface area contributed by atoms with Gasteiger partial charge in [0.2, 0.25) is 5.91 Å². The maximum absolute atomic E-state index is 13.4. The first-order chi connectivity index (χ1) is 16.4. The van der Waals surface area contributed by atoms with E-state index in [2.05, 4.69) is 17.4 Å². The first-order valence-electron chi connectivity index (χ1n) is 11.6. The van der Waals surface area contributed by atoms with Crippen LogP contribution in [0.5, 0.6) is 0 Å². The number of fused-ring (bicyclic) bond motifs is 3. The normalized spacial score (nSPS) is 19.0. The van der Waals surface area contributed by atoms with Gasteiger partial charge in [-0.05, 0) is 35.6 Å². The second kappa shape index (κ2) is 9.85. The summed E-state index contributed by atoms with van der Waals surface area (Å²) in [6, 6.07) is 15.0. The summed E-state index contributed by atoms with van der Waals surface area (Å²) < 4.78 is 10.9. The molecule has 2 aromatic rings. The Balaban J connectivity index is 1.47. The van der Waals surface area contributed by atoms with Crippen molar-refractivity contribution >= 4 is 18.0 Å². The number of carboxylic acid groups (broad SMARTS) is 1. The first kappa shape index (κ1) is 23.8. The van der Waals surface area contributed by atoms with E-state index in [1.807, 2.05) is 43.3 Å². The number of morpholine rings is 1. The number of hydrogen-bond acceptors (Lipinski definition) is 5. The van der Waals surface area contributed by atoms with Crippen molar-refractivity contribution in [2.75, 3.05) is 26.4 Å². The fraction of sp³-hybridized carbons (Fsp3) is 0.423. The van der Waals surface area contributed by atoms with Gasteiger partial charge in [-0.3, -0.25) is 4.79 Å². The van der Waals surface area contributed by atoms with Crippen molar-refractivity contribution in [2.45, 2.75) is 44.2 Å². The number of ether oxygens (including phenoxy) is 2. The highest BCUT2D eigenvalue weighted by Crippen LogP contribution is 2.44. The van der Waals surface area contributed by atoms with Gasteiger partial charge in [0, 0.05) is 12.5 Å². The zero-order valence-corrected chi connectivity index (χ0v) is 19.5. The zero-order valence-electron chi connectivity index (χ0n) is 19.5. The number of carbonyl (C=O) groups excluding carboxylic acids is 2. The lowest BCUT2D eigenvalue weighted by Crippen LogP contribution is -2.63. The van der Waals surface area contributed by atoms with Gasteiger partial charge in [-0.25, -0.2) is 9.59 Å². The Kier molecular flexibility index (Phi) is 6.88. The van der Waals surface area contributed by atoms with Crippen LogP contribution in [0.1, 0.15) is 43.7 Å². The van der Waals surface area contributed by atoms with E-state index in [0.717, 1.165) is 22.3 Å². The Morgan fingerprint density at radius 3 is 2.32 bits per heavy atom. The quantitative estimate of drug-likeness (QED) is 0.648. The monoisotopic (exact) mass is 466 g/mol. The van der Waals surface area contributed by atoms with Crippen LogP contribution in [0.2, 0.25) is 0 Å². The van der Waals surface area contributed by atoms with Gasteiger partial charge in [0.25, 0.3) is 0 Å². The molecule has 0 saturated carbocycles. The van der Waals surface area contributed by atoms with Gasteiger partial charge < -0.3 is 24.8 Å². The molecule has 4 rings (SSSR count). The summed E-state index contributed by atoms with van der Waals surface area (Å²) in [4.78, 5) is 39.2. The van der Waals surface area contributed by atoms with E-state index in [9.17, 15) is 19.5 Å². The minimum absolute atomic E-state index is 0.0752. The lowest BCUT2D eigenvalue weighted by Gasteiger charge is -2.39. The van der Waals surface area contributed by atoms with Crippen molar-refractivity contribution in [3.05, 3.63) is 59.7 Å². The van der Waals surface area contributed by atoms with Gasteiger partial charge in [-0.15, -0.1) is 0 Å². The Labute approximate surface area is 198 Å². The SMILES string of the molecule is CCCC(C)(NC(=O)OCC1c2ccccc2-c2ccccc21)C(=O)N1CCOCC1C(=O)O. The number of carbonyl (C=O) groups is 3. The number of nitrogens with zero attached hydrogens (tertiary/aromatic N) is 1. The highest BCUT2D eigenvalue weighted by Gasteiger charge is 2.43. The number of amides is 2. The minimum Gasteiger partial charge on any atom is -0.480 e. The smallest absolute Gasteiger partial charge is 0.408 e. The number of carboxylic acids is 1. The lowest BCUT2D eigenvalue weighted by molar-refractivity contribution is -0.161. The van der Waals surface area contributed by atoms with Gasteiger partial charge in [-0.1, -0.05) is 61.9 Å². The predicted octanol–water partition coefficient (Wildman–Crippen LogP) is 3.40. The maximum atomic E-state index is 13.4. The summed E-state index contributed by atoms with van der Waals surface area (Å²) in [5.74, 6) is -1.67. The molecule has 0 bridgehead atoms. The molecule has 8 nitrogen and oxygen atoms in total. The van der Waals surface area contributed by atoms with Gasteiger partial charge in [0.1, 0.15) is 12.1 Å². The van der Waals surface area contributed by atoms with Crippen molar-refractivity contribution in [3.8, 4) is 11.1 Å². The Hall–Kier alpha value is -3.39. The molecule has 0 radical (unpaired) electrons. The predicted molar refractivity (Wildman–Crippen MR) is 125 cm³/mol. The third-order valence-corrected chi connectivity index (χ3v) is 6.62. The van der Waals surface area contributed by atoms with Crippen LogP contribution in [0.4, 0.5) is 4.79 Å². The average molecular weight is 467 g/mol. The molecule has 180 valence electrons. The number of hydrogen-bond donors (Lipinski definition) is 2. The number of rotatable bonds is 7. The first-order valence-corrected chi connectivity index (χ1v) is 11.6. The largest absolute Gasteiger partial charge is 0.480 e. The van der Waals surface area contributed by atoms with Crippen LogP contribution in [-0.4, -0.2) is 65.9 Å². The van der Waals surface area contributed by atoms with Crippen molar-refractivity contribution in [2.24, 2.45) is 0 Å². The molecule has 0 aromatic heterocycles. The molecule has 2 amide bonds. The molecule has 2 aromatic carbocycles. The minimum atomic E-state index is -1.29. The van der Waals surface area contributed by atoms with Crippen molar-refractivity contribution in [1.82, 2.24) is 10.2 Å². The number of benzene rings is 2. The van der Waals surface area contributed by atoms with Crippen molar-refractivity contribution < 1.29 is 29.0 Å². The summed E-state index contributed by atoms with van der Waals surface area (Å²) in [5, 5.41) is 12.3. The van der Waals surface area contributed by atoms with Crippen LogP contribution in [0, 0.1) is 0 Å². The summed E-state index contributed by atoms with van der Waals surface area (Å²) in [6.45, 7) is 3.98. The third kappa shape index (κ3) is 4.50. The highest BCUT2D eigenvalue weighted by molar-refractivity contribution is 5.92. The fourth-order valence-corrected chi connectivity index (χ4v) is 4.95. The Morgan fingerprint density at radius 2 is 1.74 bits per heavy atom. The molecule has 34 heavy (non-hydrogen) atoms. The average Bonchev–Trinajstić information content (AvgIpc) is 3.16. The molecule has 1 saturated heterocycles. The molecule has 2 aliphatic rings. The standard InChI is InChI=1S/C26H30N2O6/c1-3-12-26(2,24(31)28-13-14-33-16-22(28)23(29)30)27-25(32)34-15-21-19-10-6-4-8-17(19)18-9-5-7-11-20(18)21/h4-11,21-22H,3,12-16H2,1-2H3,(H,27,32)(H,29,30). The molecular formula is C26H30N2O6. The van der Waals surface area contributed by atoms with Crippen LogP contribution < -0.4 is 5.32 Å². The van der Waals surface area contributed by atoms with E-state index < -0.39 is 29.6 Å². The van der Waals surface area contributed by atoms with Gasteiger partial charge in [-0.2, -0.15) is 0 Å². The van der Waals surface area contributed by atoms with Gasteiger partial charge in [0.05, 0.1) is 13.2 Å². The van der Waals surface area contributed by atoms with E-state index in [1.54, 1.807) is 6.92 Å². The highest BCUT2D eigenvalue weighted by atomic mass is 16.5. The van der Waals surface area contributed by atoms with E-state index in [1.165, 1.54) is 4.90 Å². The number of alkyl carbamates (subject to hydrolysis) is 1. The molecule has 2 N–H and O–H groups in total. The number of aliphatic carboxylic acids is 1. The third-order valence-electron chi connectivity index (χ3n) is 6.62. The topological polar surface area (TPSA) is 105 Å². The van der Waals surface area contributed by atoms with Crippen molar-refractivity contribution in [3.63, 3.8) is 0 Å². The fourth-order valence-electron chi connectivity index (χ4n) is 4.95. The molecule has 2 unspecified atom stereocenters. The molecule has 8 heteroatoms. The van der Waals surface area contributed by atoms with E-state index in [0.29, 0.717) is 12.8 Å². The van der Waals surface area contributed by atoms with Crippen LogP contribution >= 0.6 is 0 Å². The molecule has 1 heterocycles. The molecule has 2 atom stereocenters. The van der Waals surface area contributed by atoms with Gasteiger partial charge in [0.15, 0.2) is 6.04 Å². The molecule has 1 fully saturated rings. The zero-order chi connectivity index (χ0) is 24.3. The molecular weight excluding hydrogens is 436 g/mol. The van der Waals surface area contributed by atoms with E-state index in [-0.39, 0.29) is 32.3 Å². The van der Waals surface area contributed by atoms with E-state index >= 15 is 0 Å². The van der Waals surface area contributed by atoms with Crippen LogP contribution in [0.15, 0.2) is 48.5 Å². The van der Waals surface area contributed by atoms with Crippen LogP contribution in [0.3, 0.4) is 0 Å². The summed E-state index contributed by atoms with van der Waals surface area (Å²) >= 11 is 0. The van der Waals surface area contributed by atoms with Crippen molar-refractivity contribution in [1.29, 1.82) is 0 Å². The summed E-state index contributed by atoms with van der Waals surface area (Å²) in [7, 11) is 0. The summed E-state index contributed by atoms with van der Waals surface area (Å²) in [6.07, 6.45) is 0.263. The summed E-state index contributed by atoms with van der Waals surface area (Å²) in [5.41, 5.74) is 3.17. The van der Waals surface area contributed by atoms with E-state index in [4.69, 9.17) is 9.47 Å². The van der Waals surface area contributed by atoms with Gasteiger partial charge >= 0.3 is 12.1 Å². The second-order valence-corrected chi connectivity index (χ2v) is 8.96. The molecule has 1 aliphatic heterocycles. The van der Waals surface area contributed by atoms with Crippen LogP contribution in [-0.2, 0) is 19.1 Å². The number of nitrogens with one attached hydrogen (secondary N) is 1. The lowest BCUT2D eigenvalue weighted by atomic mass is 9.93. The Bertz CT molecular complexity index is 1040. The molecule has 1 aliphatic carbocycles.